The number of rotatable bonds is 6. The summed E-state index contributed by atoms with van der Waals surface area (Å²) in [4.78, 5) is 19.3. The fraction of sp³-hybridized carbons (Fsp3) is 0.190. The van der Waals surface area contributed by atoms with Crippen molar-refractivity contribution in [3.63, 3.8) is 0 Å². The lowest BCUT2D eigenvalue weighted by molar-refractivity contribution is -0.121. The van der Waals surface area contributed by atoms with E-state index in [4.69, 9.17) is 14.7 Å². The molecule has 1 aliphatic heterocycles. The molecule has 0 spiro atoms. The minimum absolute atomic E-state index is 0.0566. The molecule has 6 nitrogen and oxygen atoms in total. The van der Waals surface area contributed by atoms with Crippen molar-refractivity contribution in [2.45, 2.75) is 6.92 Å². The monoisotopic (exact) mass is 393 g/mol. The Morgan fingerprint density at radius 3 is 2.68 bits per heavy atom. The first-order chi connectivity index (χ1) is 13.6. The second-order valence-electron chi connectivity index (χ2n) is 5.79. The number of thioether (sulfide) groups is 1. The molecule has 1 aliphatic rings. The van der Waals surface area contributed by atoms with Crippen LogP contribution in [0.3, 0.4) is 0 Å². The third kappa shape index (κ3) is 4.53. The lowest BCUT2D eigenvalue weighted by Crippen LogP contribution is -2.23. The second-order valence-corrected chi connectivity index (χ2v) is 6.80. The Labute approximate surface area is 168 Å². The van der Waals surface area contributed by atoms with Crippen LogP contribution in [0, 0.1) is 11.3 Å². The summed E-state index contributed by atoms with van der Waals surface area (Å²) in [6.07, 6.45) is 1.80. The smallest absolute Gasteiger partial charge is 0.266 e. The number of hydrogen-bond acceptors (Lipinski definition) is 6. The first-order valence-corrected chi connectivity index (χ1v) is 9.52. The van der Waals surface area contributed by atoms with Gasteiger partial charge in [-0.25, -0.2) is 4.99 Å². The molecule has 28 heavy (non-hydrogen) atoms. The molecule has 0 bridgehead atoms. The Morgan fingerprint density at radius 1 is 1.18 bits per heavy atom. The number of para-hydroxylation sites is 1. The van der Waals surface area contributed by atoms with Crippen LogP contribution in [0.1, 0.15) is 12.5 Å². The van der Waals surface area contributed by atoms with E-state index >= 15 is 0 Å². The molecule has 0 aromatic heterocycles. The van der Waals surface area contributed by atoms with Crippen molar-refractivity contribution in [3.05, 3.63) is 59.0 Å². The molecule has 2 aromatic carbocycles. The number of hydrogen-bond donors (Lipinski definition) is 0. The molecule has 0 aliphatic carbocycles. The molecule has 1 saturated heterocycles. The number of benzene rings is 2. The molecule has 0 unspecified atom stereocenters. The van der Waals surface area contributed by atoms with Gasteiger partial charge in [0, 0.05) is 7.05 Å². The number of carbonyl (C=O) groups is 1. The van der Waals surface area contributed by atoms with Crippen LogP contribution < -0.4 is 9.47 Å². The Kier molecular flexibility index (Phi) is 6.35. The molecule has 3 rings (SSSR count). The molecule has 1 amide bonds. The molecule has 0 N–H and O–H groups in total. The van der Waals surface area contributed by atoms with Crippen LogP contribution >= 0.6 is 11.8 Å². The Balaban J connectivity index is 1.86. The quantitative estimate of drug-likeness (QED) is 0.687. The average molecular weight is 393 g/mol. The lowest BCUT2D eigenvalue weighted by Gasteiger charge is -2.10. The van der Waals surface area contributed by atoms with Crippen LogP contribution in [0.15, 0.2) is 58.4 Å². The largest absolute Gasteiger partial charge is 0.490 e. The maximum atomic E-state index is 12.6. The van der Waals surface area contributed by atoms with Crippen molar-refractivity contribution in [1.82, 2.24) is 4.90 Å². The maximum absolute atomic E-state index is 12.6. The number of nitrogens with zero attached hydrogens (tertiary/aromatic N) is 3. The number of aliphatic imine (C=N–C) groups is 1. The number of likely N-dealkylation sites (N-methyl/N-ethyl adjacent to an activating group) is 1. The molecule has 0 atom stereocenters. The van der Waals surface area contributed by atoms with E-state index in [1.165, 1.54) is 16.7 Å². The number of ether oxygens (including phenoxy) is 2. The maximum Gasteiger partial charge on any atom is 0.266 e. The van der Waals surface area contributed by atoms with E-state index in [0.717, 1.165) is 11.3 Å². The van der Waals surface area contributed by atoms with Crippen LogP contribution in [-0.2, 0) is 4.79 Å². The molecule has 7 heteroatoms. The third-order valence-electron chi connectivity index (χ3n) is 3.84. The fourth-order valence-corrected chi connectivity index (χ4v) is 3.51. The van der Waals surface area contributed by atoms with Crippen LogP contribution in [0.4, 0.5) is 5.69 Å². The topological polar surface area (TPSA) is 74.9 Å². The SMILES string of the molecule is CCOc1cc(/C=C2/SC(=Nc3ccccc3)N(C)C2=O)ccc1OCC#N. The van der Waals surface area contributed by atoms with Gasteiger partial charge in [-0.3, -0.25) is 9.69 Å². The van der Waals surface area contributed by atoms with Crippen molar-refractivity contribution >= 4 is 34.6 Å². The summed E-state index contributed by atoms with van der Waals surface area (Å²) < 4.78 is 11.0. The van der Waals surface area contributed by atoms with Gasteiger partial charge in [0.15, 0.2) is 23.3 Å². The lowest BCUT2D eigenvalue weighted by atomic mass is 10.2. The Bertz CT molecular complexity index is 965. The van der Waals surface area contributed by atoms with E-state index in [2.05, 4.69) is 4.99 Å². The highest BCUT2D eigenvalue weighted by Gasteiger charge is 2.30. The van der Waals surface area contributed by atoms with Crippen LogP contribution in [0.2, 0.25) is 0 Å². The summed E-state index contributed by atoms with van der Waals surface area (Å²) >= 11 is 1.33. The zero-order valence-corrected chi connectivity index (χ0v) is 16.4. The van der Waals surface area contributed by atoms with Crippen LogP contribution in [-0.4, -0.2) is 36.2 Å². The molecule has 1 fully saturated rings. The minimum atomic E-state index is -0.109. The van der Waals surface area contributed by atoms with Gasteiger partial charge in [-0.05, 0) is 54.6 Å². The van der Waals surface area contributed by atoms with E-state index in [9.17, 15) is 4.79 Å². The summed E-state index contributed by atoms with van der Waals surface area (Å²) in [6.45, 7) is 2.28. The van der Waals surface area contributed by atoms with Gasteiger partial charge in [0.1, 0.15) is 6.07 Å². The summed E-state index contributed by atoms with van der Waals surface area (Å²) in [6, 6.07) is 16.8. The Hall–Kier alpha value is -3.24. The van der Waals surface area contributed by atoms with Crippen LogP contribution in [0.25, 0.3) is 6.08 Å². The van der Waals surface area contributed by atoms with Gasteiger partial charge in [0.05, 0.1) is 17.2 Å². The zero-order valence-electron chi connectivity index (χ0n) is 15.6. The van der Waals surface area contributed by atoms with Gasteiger partial charge in [0.25, 0.3) is 5.91 Å². The highest BCUT2D eigenvalue weighted by atomic mass is 32.2. The van der Waals surface area contributed by atoms with Gasteiger partial charge in [-0.2, -0.15) is 5.26 Å². The average Bonchev–Trinajstić information content (AvgIpc) is 2.96. The number of carbonyl (C=O) groups excluding carboxylic acids is 1. The van der Waals surface area contributed by atoms with E-state index in [0.29, 0.717) is 28.2 Å². The molecule has 0 saturated carbocycles. The molecule has 0 radical (unpaired) electrons. The number of nitriles is 1. The number of amidine groups is 1. The zero-order chi connectivity index (χ0) is 19.9. The van der Waals surface area contributed by atoms with Crippen LogP contribution in [0.5, 0.6) is 11.5 Å². The highest BCUT2D eigenvalue weighted by molar-refractivity contribution is 8.18. The van der Waals surface area contributed by atoms with Gasteiger partial charge < -0.3 is 9.47 Å². The van der Waals surface area contributed by atoms with Crippen molar-refractivity contribution < 1.29 is 14.3 Å². The molecular formula is C21H19N3O3S. The van der Waals surface area contributed by atoms with Crippen molar-refractivity contribution in [2.24, 2.45) is 4.99 Å². The first kappa shape index (κ1) is 19.5. The molecule has 1 heterocycles. The predicted octanol–water partition coefficient (Wildman–Crippen LogP) is 4.22. The predicted molar refractivity (Wildman–Crippen MR) is 111 cm³/mol. The first-order valence-electron chi connectivity index (χ1n) is 8.70. The van der Waals surface area contributed by atoms with E-state index in [1.807, 2.05) is 49.4 Å². The fourth-order valence-electron chi connectivity index (χ4n) is 2.53. The number of amides is 1. The van der Waals surface area contributed by atoms with E-state index in [-0.39, 0.29) is 12.5 Å². The van der Waals surface area contributed by atoms with Crippen molar-refractivity contribution in [1.29, 1.82) is 5.26 Å². The van der Waals surface area contributed by atoms with Gasteiger partial charge in [-0.1, -0.05) is 24.3 Å². The molecule has 2 aromatic rings. The summed E-state index contributed by atoms with van der Waals surface area (Å²) in [5, 5.41) is 9.32. The Morgan fingerprint density at radius 2 is 1.96 bits per heavy atom. The third-order valence-corrected chi connectivity index (χ3v) is 4.90. The normalized spacial score (nSPS) is 16.5. The summed E-state index contributed by atoms with van der Waals surface area (Å²) in [5.74, 6) is 0.927. The molecule has 142 valence electrons. The van der Waals surface area contributed by atoms with Gasteiger partial charge in [-0.15, -0.1) is 0 Å². The van der Waals surface area contributed by atoms with E-state index in [1.54, 1.807) is 25.3 Å². The van der Waals surface area contributed by atoms with Crippen molar-refractivity contribution in [2.75, 3.05) is 20.3 Å². The summed E-state index contributed by atoms with van der Waals surface area (Å²) in [5.41, 5.74) is 1.60. The van der Waals surface area contributed by atoms with Crippen molar-refractivity contribution in [3.8, 4) is 17.6 Å². The van der Waals surface area contributed by atoms with Gasteiger partial charge >= 0.3 is 0 Å². The van der Waals surface area contributed by atoms with Gasteiger partial charge in [0.2, 0.25) is 0 Å². The van der Waals surface area contributed by atoms with E-state index < -0.39 is 0 Å². The second kappa shape index (κ2) is 9.11. The highest BCUT2D eigenvalue weighted by Crippen LogP contribution is 2.35. The molecular weight excluding hydrogens is 374 g/mol. The standard InChI is InChI=1S/C21H19N3O3S/c1-3-26-18-13-15(9-10-17(18)27-12-11-22)14-19-20(25)24(2)21(28-19)23-16-7-5-4-6-8-16/h4-10,13-14H,3,12H2,1-2H3/b19-14+,23-21?. The summed E-state index contributed by atoms with van der Waals surface area (Å²) in [7, 11) is 1.71. The minimum Gasteiger partial charge on any atom is -0.490 e.